The fraction of sp³-hybridized carbons (Fsp3) is 0.643. The zero-order chi connectivity index (χ0) is 14.5. The summed E-state index contributed by atoms with van der Waals surface area (Å²) in [5.41, 5.74) is 0. The minimum Gasteiger partial charge on any atom is -0.377 e. The summed E-state index contributed by atoms with van der Waals surface area (Å²) in [5, 5.41) is 5.12. The van der Waals surface area contributed by atoms with Gasteiger partial charge in [-0.2, -0.15) is 0 Å². The Labute approximate surface area is 124 Å². The van der Waals surface area contributed by atoms with Crippen LogP contribution in [-0.4, -0.2) is 62.3 Å². The molecule has 1 aromatic rings. The number of carbonyl (C=O) groups is 1. The van der Waals surface area contributed by atoms with Crippen molar-refractivity contribution in [2.24, 2.45) is 0 Å². The molecule has 1 saturated heterocycles. The van der Waals surface area contributed by atoms with Crippen molar-refractivity contribution in [1.29, 1.82) is 0 Å². The summed E-state index contributed by atoms with van der Waals surface area (Å²) in [6.07, 6.45) is 0. The molecule has 0 saturated carbocycles. The first kappa shape index (κ1) is 15.3. The Morgan fingerprint density at radius 3 is 3.05 bits per heavy atom. The van der Waals surface area contributed by atoms with E-state index in [1.807, 2.05) is 32.0 Å². The van der Waals surface area contributed by atoms with Crippen LogP contribution in [0.25, 0.3) is 0 Å². The van der Waals surface area contributed by atoms with Crippen LogP contribution in [0.2, 0.25) is 0 Å². The number of morpholine rings is 1. The van der Waals surface area contributed by atoms with Crippen molar-refractivity contribution in [3.8, 4) is 0 Å². The largest absolute Gasteiger partial charge is 0.377 e. The maximum absolute atomic E-state index is 12.2. The number of urea groups is 1. The Morgan fingerprint density at radius 1 is 1.65 bits per heavy atom. The van der Waals surface area contributed by atoms with Gasteiger partial charge < -0.3 is 19.9 Å². The number of amides is 2. The number of hydrogen-bond acceptors (Lipinski definition) is 4. The van der Waals surface area contributed by atoms with Crippen molar-refractivity contribution in [2.45, 2.75) is 19.0 Å². The van der Waals surface area contributed by atoms with E-state index in [0.717, 1.165) is 0 Å². The van der Waals surface area contributed by atoms with E-state index in [9.17, 15) is 4.79 Å². The summed E-state index contributed by atoms with van der Waals surface area (Å²) < 4.78 is 5.36. The summed E-state index contributed by atoms with van der Waals surface area (Å²) in [6.45, 7) is 4.55. The number of nitrogens with zero attached hydrogens (tertiary/aromatic N) is 2. The van der Waals surface area contributed by atoms with E-state index in [2.05, 4.69) is 21.7 Å². The summed E-state index contributed by atoms with van der Waals surface area (Å²) in [4.78, 5) is 17.5. The highest BCUT2D eigenvalue weighted by atomic mass is 32.1. The molecule has 2 amide bonds. The highest BCUT2D eigenvalue weighted by Crippen LogP contribution is 2.22. The van der Waals surface area contributed by atoms with Gasteiger partial charge in [0.25, 0.3) is 0 Å². The van der Waals surface area contributed by atoms with Gasteiger partial charge in [-0.25, -0.2) is 4.79 Å². The summed E-state index contributed by atoms with van der Waals surface area (Å²) in [6, 6.07) is 4.52. The van der Waals surface area contributed by atoms with Crippen LogP contribution in [0.3, 0.4) is 0 Å². The highest BCUT2D eigenvalue weighted by Gasteiger charge is 2.24. The fourth-order valence-electron chi connectivity index (χ4n) is 2.33. The first-order valence-electron chi connectivity index (χ1n) is 6.91. The van der Waals surface area contributed by atoms with Crippen molar-refractivity contribution < 1.29 is 9.53 Å². The normalized spacial score (nSPS) is 21.0. The lowest BCUT2D eigenvalue weighted by Crippen LogP contribution is -2.52. The Bertz CT molecular complexity index is 422. The van der Waals surface area contributed by atoms with Crippen LogP contribution >= 0.6 is 11.3 Å². The molecule has 1 aromatic heterocycles. The number of nitrogens with one attached hydrogen (secondary N) is 1. The standard InChI is InChI=1S/C14H23N3O2S/c1-11-10-19-7-6-17(11)14(18)15-9-12(16(2)3)13-5-4-8-20-13/h4-5,8,11-12H,6-7,9-10H2,1-3H3,(H,15,18). The number of rotatable bonds is 4. The molecule has 1 aliphatic heterocycles. The number of ether oxygens (including phenoxy) is 1. The lowest BCUT2D eigenvalue weighted by molar-refractivity contribution is 0.0187. The van der Waals surface area contributed by atoms with Crippen molar-refractivity contribution in [3.63, 3.8) is 0 Å². The Hall–Kier alpha value is -1.11. The van der Waals surface area contributed by atoms with Crippen LogP contribution in [0, 0.1) is 0 Å². The van der Waals surface area contributed by atoms with Crippen LogP contribution in [0.4, 0.5) is 4.79 Å². The zero-order valence-electron chi connectivity index (χ0n) is 12.3. The van der Waals surface area contributed by atoms with Gasteiger partial charge in [-0.3, -0.25) is 0 Å². The van der Waals surface area contributed by atoms with Gasteiger partial charge >= 0.3 is 6.03 Å². The molecule has 20 heavy (non-hydrogen) atoms. The molecule has 2 heterocycles. The quantitative estimate of drug-likeness (QED) is 0.921. The monoisotopic (exact) mass is 297 g/mol. The van der Waals surface area contributed by atoms with E-state index in [-0.39, 0.29) is 18.1 Å². The lowest BCUT2D eigenvalue weighted by atomic mass is 10.2. The molecular formula is C14H23N3O2S. The molecule has 1 aliphatic rings. The molecule has 5 nitrogen and oxygen atoms in total. The predicted molar refractivity (Wildman–Crippen MR) is 81.1 cm³/mol. The molecule has 112 valence electrons. The van der Waals surface area contributed by atoms with Gasteiger partial charge in [0.2, 0.25) is 0 Å². The van der Waals surface area contributed by atoms with Crippen LogP contribution in [0.15, 0.2) is 17.5 Å². The number of likely N-dealkylation sites (N-methyl/N-ethyl adjacent to an activating group) is 1. The molecule has 6 heteroatoms. The molecule has 0 aliphatic carbocycles. The number of carbonyl (C=O) groups excluding carboxylic acids is 1. The molecule has 0 spiro atoms. The fourth-order valence-corrected chi connectivity index (χ4v) is 3.26. The first-order valence-corrected chi connectivity index (χ1v) is 7.79. The van der Waals surface area contributed by atoms with Crippen LogP contribution in [0.1, 0.15) is 17.8 Å². The second kappa shape index (κ2) is 7.06. The second-order valence-electron chi connectivity index (χ2n) is 5.30. The van der Waals surface area contributed by atoms with Gasteiger partial charge in [-0.1, -0.05) is 6.07 Å². The first-order chi connectivity index (χ1) is 9.59. The molecule has 0 aromatic carbocycles. The van der Waals surface area contributed by atoms with Gasteiger partial charge in [0.1, 0.15) is 0 Å². The van der Waals surface area contributed by atoms with Crippen LogP contribution in [-0.2, 0) is 4.74 Å². The topological polar surface area (TPSA) is 44.8 Å². The Morgan fingerprint density at radius 2 is 2.45 bits per heavy atom. The summed E-state index contributed by atoms with van der Waals surface area (Å²) in [5.74, 6) is 0. The van der Waals surface area contributed by atoms with E-state index in [0.29, 0.717) is 26.3 Å². The Balaban J connectivity index is 1.90. The third-order valence-corrected chi connectivity index (χ3v) is 4.54. The third kappa shape index (κ3) is 3.71. The Kier molecular flexibility index (Phi) is 5.39. The van der Waals surface area contributed by atoms with Gasteiger partial charge in [-0.05, 0) is 32.5 Å². The van der Waals surface area contributed by atoms with E-state index >= 15 is 0 Å². The minimum absolute atomic E-state index is 0.00389. The van der Waals surface area contributed by atoms with Gasteiger partial charge in [0.05, 0.1) is 25.3 Å². The smallest absolute Gasteiger partial charge is 0.317 e. The predicted octanol–water partition coefficient (Wildman–Crippen LogP) is 1.78. The average molecular weight is 297 g/mol. The SMILES string of the molecule is CC1COCCN1C(=O)NCC(c1cccs1)N(C)C. The third-order valence-electron chi connectivity index (χ3n) is 3.57. The van der Waals surface area contributed by atoms with E-state index < -0.39 is 0 Å². The number of thiophene rings is 1. The van der Waals surface area contributed by atoms with Crippen molar-refractivity contribution >= 4 is 17.4 Å². The van der Waals surface area contributed by atoms with Crippen molar-refractivity contribution in [2.75, 3.05) is 40.4 Å². The molecule has 2 rings (SSSR count). The molecule has 1 fully saturated rings. The lowest BCUT2D eigenvalue weighted by Gasteiger charge is -2.34. The molecule has 0 bridgehead atoms. The highest BCUT2D eigenvalue weighted by molar-refractivity contribution is 7.10. The van der Waals surface area contributed by atoms with E-state index in [4.69, 9.17) is 4.74 Å². The van der Waals surface area contributed by atoms with Gasteiger partial charge in [0.15, 0.2) is 0 Å². The molecule has 2 unspecified atom stereocenters. The second-order valence-corrected chi connectivity index (χ2v) is 6.28. The number of hydrogen-bond donors (Lipinski definition) is 1. The summed E-state index contributed by atoms with van der Waals surface area (Å²) in [7, 11) is 4.07. The average Bonchev–Trinajstić information content (AvgIpc) is 2.92. The van der Waals surface area contributed by atoms with Crippen molar-refractivity contribution in [1.82, 2.24) is 15.1 Å². The minimum atomic E-state index is 0.00389. The van der Waals surface area contributed by atoms with Crippen LogP contribution < -0.4 is 5.32 Å². The molecular weight excluding hydrogens is 274 g/mol. The van der Waals surface area contributed by atoms with Crippen LogP contribution in [0.5, 0.6) is 0 Å². The molecule has 1 N–H and O–H groups in total. The maximum atomic E-state index is 12.2. The van der Waals surface area contributed by atoms with E-state index in [1.165, 1.54) is 4.88 Å². The van der Waals surface area contributed by atoms with E-state index in [1.54, 1.807) is 11.3 Å². The van der Waals surface area contributed by atoms with Gasteiger partial charge in [0, 0.05) is 18.0 Å². The maximum Gasteiger partial charge on any atom is 0.317 e. The zero-order valence-corrected chi connectivity index (χ0v) is 13.2. The molecule has 2 atom stereocenters. The van der Waals surface area contributed by atoms with Gasteiger partial charge in [-0.15, -0.1) is 11.3 Å². The summed E-state index contributed by atoms with van der Waals surface area (Å²) >= 11 is 1.72. The van der Waals surface area contributed by atoms with Crippen molar-refractivity contribution in [3.05, 3.63) is 22.4 Å². The molecule has 0 radical (unpaired) electrons.